The van der Waals surface area contributed by atoms with Crippen LogP contribution in [0.4, 0.5) is 10.1 Å². The van der Waals surface area contributed by atoms with Crippen molar-refractivity contribution < 1.29 is 9.13 Å². The Morgan fingerprint density at radius 3 is 2.65 bits per heavy atom. The maximum Gasteiger partial charge on any atom is 0.241 e. The van der Waals surface area contributed by atoms with Crippen LogP contribution in [0.25, 0.3) is 0 Å². The molecule has 1 aromatic heterocycles. The Morgan fingerprint density at radius 1 is 1.35 bits per heavy atom. The Morgan fingerprint density at radius 2 is 2.06 bits per heavy atom. The summed E-state index contributed by atoms with van der Waals surface area (Å²) in [5.41, 5.74) is 7.81. The summed E-state index contributed by atoms with van der Waals surface area (Å²) < 4.78 is 20.5. The van der Waals surface area contributed by atoms with Crippen molar-refractivity contribution in [2.75, 3.05) is 5.73 Å². The summed E-state index contributed by atoms with van der Waals surface area (Å²) in [5, 5.41) is 4.10. The third kappa shape index (κ3) is 2.08. The first-order valence-electron chi connectivity index (χ1n) is 5.22. The molecule has 1 aromatic carbocycles. The number of nitrogen functional groups attached to an aromatic ring is 1. The van der Waals surface area contributed by atoms with Crippen LogP contribution in [-0.4, -0.2) is 9.78 Å². The molecule has 0 unspecified atom stereocenters. The minimum atomic E-state index is -0.422. The molecule has 90 valence electrons. The molecule has 1 heterocycles. The monoisotopic (exact) mass is 235 g/mol. The summed E-state index contributed by atoms with van der Waals surface area (Å²) in [6.07, 6.45) is 0. The second kappa shape index (κ2) is 4.08. The first kappa shape index (κ1) is 11.4. The van der Waals surface area contributed by atoms with E-state index in [0.29, 0.717) is 17.3 Å². The Kier molecular flexibility index (Phi) is 2.75. The molecule has 5 heteroatoms. The highest BCUT2D eigenvalue weighted by molar-refractivity contribution is 5.54. The van der Waals surface area contributed by atoms with E-state index in [1.807, 2.05) is 6.92 Å². The maximum atomic E-state index is 13.5. The molecule has 0 radical (unpaired) electrons. The summed E-state index contributed by atoms with van der Waals surface area (Å²) in [6.45, 7) is 3.64. The summed E-state index contributed by atoms with van der Waals surface area (Å²) >= 11 is 0. The van der Waals surface area contributed by atoms with E-state index in [9.17, 15) is 4.39 Å². The van der Waals surface area contributed by atoms with Crippen LogP contribution in [0.5, 0.6) is 11.6 Å². The quantitative estimate of drug-likeness (QED) is 0.870. The zero-order valence-electron chi connectivity index (χ0n) is 9.99. The van der Waals surface area contributed by atoms with Gasteiger partial charge in [0.15, 0.2) is 11.6 Å². The predicted octanol–water partition coefficient (Wildman–Crippen LogP) is 2.55. The van der Waals surface area contributed by atoms with Crippen LogP contribution in [-0.2, 0) is 7.05 Å². The molecule has 0 amide bonds. The molecular weight excluding hydrogens is 221 g/mol. The Hall–Kier alpha value is -2.04. The largest absolute Gasteiger partial charge is 0.434 e. The van der Waals surface area contributed by atoms with E-state index in [4.69, 9.17) is 10.5 Å². The minimum absolute atomic E-state index is 0.153. The number of ether oxygens (including phenoxy) is 1. The first-order chi connectivity index (χ1) is 7.99. The lowest BCUT2D eigenvalue weighted by atomic mass is 10.2. The summed E-state index contributed by atoms with van der Waals surface area (Å²) in [6, 6.07) is 4.67. The van der Waals surface area contributed by atoms with E-state index < -0.39 is 5.82 Å². The van der Waals surface area contributed by atoms with Gasteiger partial charge in [-0.05, 0) is 31.5 Å². The Balaban J connectivity index is 2.41. The van der Waals surface area contributed by atoms with Gasteiger partial charge in [0.05, 0.1) is 5.69 Å². The van der Waals surface area contributed by atoms with Crippen molar-refractivity contribution >= 4 is 5.69 Å². The molecule has 0 spiro atoms. The van der Waals surface area contributed by atoms with Crippen LogP contribution in [0.15, 0.2) is 18.2 Å². The normalized spacial score (nSPS) is 10.6. The Labute approximate surface area is 98.8 Å². The van der Waals surface area contributed by atoms with Gasteiger partial charge in [0.2, 0.25) is 5.88 Å². The van der Waals surface area contributed by atoms with Gasteiger partial charge < -0.3 is 10.5 Å². The lowest BCUT2D eigenvalue weighted by Gasteiger charge is -2.08. The molecule has 2 aromatic rings. The number of anilines is 1. The van der Waals surface area contributed by atoms with Crippen molar-refractivity contribution in [3.63, 3.8) is 0 Å². The molecule has 0 aliphatic carbocycles. The Bertz CT molecular complexity index is 563. The van der Waals surface area contributed by atoms with E-state index in [1.165, 1.54) is 10.7 Å². The molecule has 0 aliphatic rings. The SMILES string of the molecule is Cc1ccc(F)c(Oc2c(N)c(C)nn2C)c1. The molecule has 0 atom stereocenters. The lowest BCUT2D eigenvalue weighted by molar-refractivity contribution is 0.405. The standard InChI is InChI=1S/C12H14FN3O/c1-7-4-5-9(13)10(6-7)17-12-11(14)8(2)15-16(12)3/h4-6H,14H2,1-3H3. The van der Waals surface area contributed by atoms with Crippen molar-refractivity contribution in [3.05, 3.63) is 35.3 Å². The van der Waals surface area contributed by atoms with E-state index in [2.05, 4.69) is 5.10 Å². The molecule has 4 nitrogen and oxygen atoms in total. The van der Waals surface area contributed by atoms with Crippen LogP contribution >= 0.6 is 0 Å². The third-order valence-corrected chi connectivity index (χ3v) is 2.51. The van der Waals surface area contributed by atoms with Gasteiger partial charge in [0.25, 0.3) is 0 Å². The highest BCUT2D eigenvalue weighted by atomic mass is 19.1. The van der Waals surface area contributed by atoms with Gasteiger partial charge in [-0.15, -0.1) is 0 Å². The number of hydrogen-bond acceptors (Lipinski definition) is 3. The van der Waals surface area contributed by atoms with Crippen molar-refractivity contribution in [1.82, 2.24) is 9.78 Å². The average molecular weight is 235 g/mol. The molecule has 2 N–H and O–H groups in total. The van der Waals surface area contributed by atoms with Gasteiger partial charge in [-0.25, -0.2) is 9.07 Å². The highest BCUT2D eigenvalue weighted by Crippen LogP contribution is 2.30. The lowest BCUT2D eigenvalue weighted by Crippen LogP contribution is -1.98. The van der Waals surface area contributed by atoms with Gasteiger partial charge >= 0.3 is 0 Å². The van der Waals surface area contributed by atoms with Gasteiger partial charge in [-0.3, -0.25) is 0 Å². The van der Waals surface area contributed by atoms with Gasteiger partial charge in [0, 0.05) is 7.05 Å². The number of hydrogen-bond donors (Lipinski definition) is 1. The first-order valence-corrected chi connectivity index (χ1v) is 5.22. The van der Waals surface area contributed by atoms with Crippen LogP contribution < -0.4 is 10.5 Å². The topological polar surface area (TPSA) is 53.1 Å². The summed E-state index contributed by atoms with van der Waals surface area (Å²) in [5.74, 6) is 0.0838. The molecule has 0 fully saturated rings. The smallest absolute Gasteiger partial charge is 0.241 e. The molecule has 0 bridgehead atoms. The predicted molar refractivity (Wildman–Crippen MR) is 63.6 cm³/mol. The molecule has 17 heavy (non-hydrogen) atoms. The molecular formula is C12H14FN3O. The van der Waals surface area contributed by atoms with Crippen LogP contribution in [0.2, 0.25) is 0 Å². The molecule has 0 saturated carbocycles. The van der Waals surface area contributed by atoms with E-state index in [-0.39, 0.29) is 5.75 Å². The number of aromatic nitrogens is 2. The zero-order valence-corrected chi connectivity index (χ0v) is 9.99. The summed E-state index contributed by atoms with van der Waals surface area (Å²) in [4.78, 5) is 0. The van der Waals surface area contributed by atoms with Crippen LogP contribution in [0.1, 0.15) is 11.3 Å². The second-order valence-electron chi connectivity index (χ2n) is 3.96. The fourth-order valence-electron chi connectivity index (χ4n) is 1.57. The van der Waals surface area contributed by atoms with E-state index in [0.717, 1.165) is 5.56 Å². The number of nitrogens with zero attached hydrogens (tertiary/aromatic N) is 2. The number of benzene rings is 1. The maximum absolute atomic E-state index is 13.5. The summed E-state index contributed by atoms with van der Waals surface area (Å²) in [7, 11) is 1.70. The van der Waals surface area contributed by atoms with Crippen molar-refractivity contribution in [2.24, 2.45) is 7.05 Å². The van der Waals surface area contributed by atoms with Gasteiger partial charge in [0.1, 0.15) is 5.69 Å². The fourth-order valence-corrected chi connectivity index (χ4v) is 1.57. The van der Waals surface area contributed by atoms with Gasteiger partial charge in [-0.1, -0.05) is 6.07 Å². The van der Waals surface area contributed by atoms with E-state index >= 15 is 0 Å². The van der Waals surface area contributed by atoms with E-state index in [1.54, 1.807) is 26.1 Å². The number of aryl methyl sites for hydroxylation is 3. The van der Waals surface area contributed by atoms with Crippen molar-refractivity contribution in [2.45, 2.75) is 13.8 Å². The van der Waals surface area contributed by atoms with Crippen molar-refractivity contribution in [1.29, 1.82) is 0 Å². The second-order valence-corrected chi connectivity index (χ2v) is 3.96. The molecule has 2 rings (SSSR count). The highest BCUT2D eigenvalue weighted by Gasteiger charge is 2.14. The number of rotatable bonds is 2. The minimum Gasteiger partial charge on any atom is -0.434 e. The fraction of sp³-hybridized carbons (Fsp3) is 0.250. The van der Waals surface area contributed by atoms with Gasteiger partial charge in [-0.2, -0.15) is 5.10 Å². The van der Waals surface area contributed by atoms with Crippen LogP contribution in [0.3, 0.4) is 0 Å². The van der Waals surface area contributed by atoms with Crippen LogP contribution in [0, 0.1) is 19.7 Å². The number of halogens is 1. The zero-order chi connectivity index (χ0) is 12.6. The molecule has 0 aliphatic heterocycles. The number of nitrogens with two attached hydrogens (primary N) is 1. The third-order valence-electron chi connectivity index (χ3n) is 2.51. The molecule has 0 saturated heterocycles. The van der Waals surface area contributed by atoms with Crippen molar-refractivity contribution in [3.8, 4) is 11.6 Å². The average Bonchev–Trinajstić information content (AvgIpc) is 2.50.